The predicted octanol–water partition coefficient (Wildman–Crippen LogP) is 3.31. The summed E-state index contributed by atoms with van der Waals surface area (Å²) in [6.07, 6.45) is 1.71. The number of ether oxygens (including phenoxy) is 2. The number of nitrogens with two attached hydrogens (primary N) is 1. The number of nitro benzene ring substituents is 1. The summed E-state index contributed by atoms with van der Waals surface area (Å²) in [5.74, 6) is 0.326. The fourth-order valence-corrected chi connectivity index (χ4v) is 2.44. The standard InChI is InChI=1S/C17H15N3O4/c1-23-16-8-13(18)15(9-14(16)20(21)22)24-10-12-5-2-4-11-6-3-7-19-17(11)12/h2-9H,10,18H2,1H3. The molecule has 0 aliphatic heterocycles. The summed E-state index contributed by atoms with van der Waals surface area (Å²) in [7, 11) is 1.35. The van der Waals surface area contributed by atoms with Gasteiger partial charge in [-0.05, 0) is 6.07 Å². The maximum Gasteiger partial charge on any atom is 0.314 e. The number of benzene rings is 2. The molecule has 3 aromatic rings. The van der Waals surface area contributed by atoms with Crippen molar-refractivity contribution in [1.82, 2.24) is 4.98 Å². The van der Waals surface area contributed by atoms with Crippen LogP contribution in [0.25, 0.3) is 10.9 Å². The van der Waals surface area contributed by atoms with Crippen LogP contribution in [0.1, 0.15) is 5.56 Å². The quantitative estimate of drug-likeness (QED) is 0.439. The number of rotatable bonds is 5. The minimum atomic E-state index is -0.537. The summed E-state index contributed by atoms with van der Waals surface area (Å²) in [6, 6.07) is 12.2. The Hall–Kier alpha value is -3.35. The van der Waals surface area contributed by atoms with Crippen LogP contribution in [0.4, 0.5) is 11.4 Å². The van der Waals surface area contributed by atoms with Gasteiger partial charge in [-0.3, -0.25) is 15.1 Å². The van der Waals surface area contributed by atoms with E-state index in [4.69, 9.17) is 15.2 Å². The highest BCUT2D eigenvalue weighted by molar-refractivity contribution is 5.81. The Labute approximate surface area is 137 Å². The van der Waals surface area contributed by atoms with Gasteiger partial charge in [-0.2, -0.15) is 0 Å². The molecule has 0 aliphatic rings. The zero-order valence-electron chi connectivity index (χ0n) is 12.9. The lowest BCUT2D eigenvalue weighted by Gasteiger charge is -2.11. The van der Waals surface area contributed by atoms with E-state index in [0.29, 0.717) is 0 Å². The van der Waals surface area contributed by atoms with Crippen molar-refractivity contribution in [2.75, 3.05) is 12.8 Å². The van der Waals surface area contributed by atoms with Gasteiger partial charge in [-0.15, -0.1) is 0 Å². The zero-order valence-corrected chi connectivity index (χ0v) is 12.9. The molecule has 2 N–H and O–H groups in total. The van der Waals surface area contributed by atoms with E-state index in [1.165, 1.54) is 19.2 Å². The number of hydrogen-bond acceptors (Lipinski definition) is 6. The van der Waals surface area contributed by atoms with Crippen LogP contribution < -0.4 is 15.2 Å². The first-order valence-corrected chi connectivity index (χ1v) is 7.17. The second-order valence-electron chi connectivity index (χ2n) is 5.10. The fraction of sp³-hybridized carbons (Fsp3) is 0.118. The number of nitrogens with zero attached hydrogens (tertiary/aromatic N) is 2. The SMILES string of the molecule is COc1cc(N)c(OCc2cccc3cccnc23)cc1[N+](=O)[O-]. The van der Waals surface area contributed by atoms with E-state index in [9.17, 15) is 10.1 Å². The Kier molecular flexibility index (Phi) is 4.15. The lowest BCUT2D eigenvalue weighted by Crippen LogP contribution is -2.02. The van der Waals surface area contributed by atoms with E-state index < -0.39 is 4.92 Å². The topological polar surface area (TPSA) is 101 Å². The van der Waals surface area contributed by atoms with Gasteiger partial charge in [0.15, 0.2) is 5.75 Å². The Bertz CT molecular complexity index is 906. The van der Waals surface area contributed by atoms with Crippen LogP contribution in [0.5, 0.6) is 11.5 Å². The van der Waals surface area contributed by atoms with Gasteiger partial charge >= 0.3 is 5.69 Å². The molecule has 0 amide bonds. The van der Waals surface area contributed by atoms with Gasteiger partial charge in [-0.1, -0.05) is 24.3 Å². The zero-order chi connectivity index (χ0) is 17.1. The summed E-state index contributed by atoms with van der Waals surface area (Å²) < 4.78 is 10.7. The van der Waals surface area contributed by atoms with Crippen LogP contribution in [-0.2, 0) is 6.61 Å². The van der Waals surface area contributed by atoms with E-state index >= 15 is 0 Å². The molecule has 0 bridgehead atoms. The highest BCUT2D eigenvalue weighted by Crippen LogP contribution is 2.36. The molecule has 0 unspecified atom stereocenters. The van der Waals surface area contributed by atoms with Gasteiger partial charge in [0.2, 0.25) is 0 Å². The van der Waals surface area contributed by atoms with Crippen LogP contribution in [0, 0.1) is 10.1 Å². The van der Waals surface area contributed by atoms with Gasteiger partial charge in [0.05, 0.1) is 29.3 Å². The molecule has 24 heavy (non-hydrogen) atoms. The minimum absolute atomic E-state index is 0.0941. The Balaban J connectivity index is 1.91. The summed E-state index contributed by atoms with van der Waals surface area (Å²) in [5, 5.41) is 12.1. The van der Waals surface area contributed by atoms with Crippen molar-refractivity contribution in [3.63, 3.8) is 0 Å². The third-order valence-electron chi connectivity index (χ3n) is 3.61. The number of nitrogen functional groups attached to an aromatic ring is 1. The smallest absolute Gasteiger partial charge is 0.314 e. The van der Waals surface area contributed by atoms with Crippen LogP contribution in [0.2, 0.25) is 0 Å². The molecule has 0 aliphatic carbocycles. The average Bonchev–Trinajstić information content (AvgIpc) is 2.60. The lowest BCUT2D eigenvalue weighted by molar-refractivity contribution is -0.385. The number of fused-ring (bicyclic) bond motifs is 1. The fourth-order valence-electron chi connectivity index (χ4n) is 2.44. The molecule has 0 fully saturated rings. The molecule has 2 aromatic carbocycles. The van der Waals surface area contributed by atoms with E-state index in [0.717, 1.165) is 16.5 Å². The first-order valence-electron chi connectivity index (χ1n) is 7.17. The highest BCUT2D eigenvalue weighted by Gasteiger charge is 2.19. The molecule has 0 atom stereocenters. The van der Waals surface area contributed by atoms with Gasteiger partial charge in [0.25, 0.3) is 0 Å². The Morgan fingerprint density at radius 3 is 2.75 bits per heavy atom. The molecular weight excluding hydrogens is 310 g/mol. The van der Waals surface area contributed by atoms with E-state index in [-0.39, 0.29) is 29.5 Å². The van der Waals surface area contributed by atoms with Gasteiger partial charge in [0, 0.05) is 23.2 Å². The second kappa shape index (κ2) is 6.41. The first kappa shape index (κ1) is 15.5. The number of para-hydroxylation sites is 1. The minimum Gasteiger partial charge on any atom is -0.490 e. The van der Waals surface area contributed by atoms with Crippen LogP contribution in [0.3, 0.4) is 0 Å². The largest absolute Gasteiger partial charge is 0.490 e. The molecule has 122 valence electrons. The molecule has 0 saturated heterocycles. The number of hydrogen-bond donors (Lipinski definition) is 1. The first-order chi connectivity index (χ1) is 11.6. The maximum absolute atomic E-state index is 11.1. The van der Waals surface area contributed by atoms with Crippen molar-refractivity contribution < 1.29 is 14.4 Å². The number of aromatic nitrogens is 1. The van der Waals surface area contributed by atoms with E-state index in [2.05, 4.69) is 4.98 Å². The third-order valence-corrected chi connectivity index (χ3v) is 3.61. The summed E-state index contributed by atoms with van der Waals surface area (Å²) in [6.45, 7) is 0.196. The number of anilines is 1. The van der Waals surface area contributed by atoms with Crippen LogP contribution in [-0.4, -0.2) is 17.0 Å². The van der Waals surface area contributed by atoms with Crippen molar-refractivity contribution >= 4 is 22.3 Å². The molecular formula is C17H15N3O4. The van der Waals surface area contributed by atoms with Crippen molar-refractivity contribution in [3.8, 4) is 11.5 Å². The predicted molar refractivity (Wildman–Crippen MR) is 90.1 cm³/mol. The van der Waals surface area contributed by atoms with Crippen molar-refractivity contribution in [1.29, 1.82) is 0 Å². The van der Waals surface area contributed by atoms with Gasteiger partial charge < -0.3 is 15.2 Å². The molecule has 1 heterocycles. The number of methoxy groups -OCH3 is 1. The lowest BCUT2D eigenvalue weighted by atomic mass is 10.1. The van der Waals surface area contributed by atoms with Crippen molar-refractivity contribution in [2.24, 2.45) is 0 Å². The van der Waals surface area contributed by atoms with Gasteiger partial charge in [0.1, 0.15) is 12.4 Å². The summed E-state index contributed by atoms with van der Waals surface area (Å²) >= 11 is 0. The van der Waals surface area contributed by atoms with Crippen LogP contribution >= 0.6 is 0 Å². The van der Waals surface area contributed by atoms with Gasteiger partial charge in [-0.25, -0.2) is 0 Å². The van der Waals surface area contributed by atoms with E-state index in [1.54, 1.807) is 6.20 Å². The average molecular weight is 325 g/mol. The molecule has 0 saturated carbocycles. The maximum atomic E-state index is 11.1. The summed E-state index contributed by atoms with van der Waals surface area (Å²) in [5.41, 5.74) is 7.66. The number of pyridine rings is 1. The Morgan fingerprint density at radius 1 is 1.21 bits per heavy atom. The van der Waals surface area contributed by atoms with Crippen LogP contribution in [0.15, 0.2) is 48.7 Å². The third kappa shape index (κ3) is 2.91. The monoisotopic (exact) mass is 325 g/mol. The Morgan fingerprint density at radius 2 is 2.00 bits per heavy atom. The highest BCUT2D eigenvalue weighted by atomic mass is 16.6. The second-order valence-corrected chi connectivity index (χ2v) is 5.10. The molecule has 1 aromatic heterocycles. The van der Waals surface area contributed by atoms with Crippen molar-refractivity contribution in [2.45, 2.75) is 6.61 Å². The number of nitro groups is 1. The summed E-state index contributed by atoms with van der Waals surface area (Å²) in [4.78, 5) is 14.9. The molecule has 0 spiro atoms. The molecule has 3 rings (SSSR count). The van der Waals surface area contributed by atoms with E-state index in [1.807, 2.05) is 30.3 Å². The normalized spacial score (nSPS) is 10.5. The molecule has 7 heteroatoms. The molecule has 0 radical (unpaired) electrons. The van der Waals surface area contributed by atoms with Crippen molar-refractivity contribution in [3.05, 3.63) is 64.3 Å². The molecule has 7 nitrogen and oxygen atoms in total.